The molecule has 0 saturated carbocycles. The summed E-state index contributed by atoms with van der Waals surface area (Å²) in [7, 11) is 0. The van der Waals surface area contributed by atoms with Crippen molar-refractivity contribution in [1.82, 2.24) is 9.55 Å². The van der Waals surface area contributed by atoms with Gasteiger partial charge in [0.25, 0.3) is 5.56 Å². The summed E-state index contributed by atoms with van der Waals surface area (Å²) in [5.41, 5.74) is 6.34. The molecule has 7 rings (SSSR count). The molecule has 7 heteroatoms. The van der Waals surface area contributed by atoms with Gasteiger partial charge in [0.1, 0.15) is 18.5 Å². The molecule has 7 nitrogen and oxygen atoms in total. The quantitative estimate of drug-likeness (QED) is 0.501. The Morgan fingerprint density at radius 1 is 1.12 bits per heavy atom. The van der Waals surface area contributed by atoms with Gasteiger partial charge in [0, 0.05) is 22.6 Å². The summed E-state index contributed by atoms with van der Waals surface area (Å²) in [6.45, 7) is 4.48. The molecule has 0 amide bonds. The molecule has 3 aliphatic heterocycles. The van der Waals surface area contributed by atoms with E-state index in [0.717, 1.165) is 34.1 Å². The van der Waals surface area contributed by atoms with E-state index in [1.807, 2.05) is 24.3 Å². The van der Waals surface area contributed by atoms with Crippen LogP contribution in [-0.2, 0) is 17.9 Å². The van der Waals surface area contributed by atoms with Crippen molar-refractivity contribution >= 4 is 16.5 Å². The summed E-state index contributed by atoms with van der Waals surface area (Å²) in [6.07, 6.45) is 6.06. The fourth-order valence-electron chi connectivity index (χ4n) is 5.08. The minimum absolute atomic E-state index is 0.111. The fraction of sp³-hybridized carbons (Fsp3) is 0.200. The van der Waals surface area contributed by atoms with Crippen LogP contribution in [0.1, 0.15) is 34.8 Å². The van der Waals surface area contributed by atoms with E-state index in [2.05, 4.69) is 18.7 Å². The van der Waals surface area contributed by atoms with Crippen LogP contribution in [0.3, 0.4) is 0 Å². The molecule has 0 spiro atoms. The minimum Gasteiger partial charge on any atom is -0.491 e. The maximum absolute atomic E-state index is 13.4. The molecule has 0 radical (unpaired) electrons. The van der Waals surface area contributed by atoms with Gasteiger partial charge in [-0.2, -0.15) is 0 Å². The van der Waals surface area contributed by atoms with Crippen molar-refractivity contribution in [3.63, 3.8) is 0 Å². The summed E-state index contributed by atoms with van der Waals surface area (Å²) in [4.78, 5) is 18.3. The van der Waals surface area contributed by atoms with Crippen molar-refractivity contribution in [3.05, 3.63) is 81.4 Å². The number of rotatable bonds is 1. The molecule has 0 bridgehead atoms. The lowest BCUT2D eigenvalue weighted by atomic mass is 9.93. The Morgan fingerprint density at radius 3 is 2.78 bits per heavy atom. The Bertz CT molecular complexity index is 1510. The van der Waals surface area contributed by atoms with E-state index in [0.29, 0.717) is 34.9 Å². The number of hydrogen-bond donors (Lipinski definition) is 1. The molecule has 4 aliphatic rings. The zero-order chi connectivity index (χ0) is 21.6. The molecule has 1 unspecified atom stereocenters. The number of aliphatic hydroxyl groups excluding tert-OH is 1. The lowest BCUT2D eigenvalue weighted by molar-refractivity contribution is 0.0753. The lowest BCUT2D eigenvalue weighted by Gasteiger charge is -2.24. The van der Waals surface area contributed by atoms with Crippen LogP contribution in [0, 0.1) is 0 Å². The highest BCUT2D eigenvalue weighted by atomic mass is 16.7. The van der Waals surface area contributed by atoms with Gasteiger partial charge < -0.3 is 23.9 Å². The molecule has 1 aliphatic carbocycles. The first-order valence-electron chi connectivity index (χ1n) is 10.5. The van der Waals surface area contributed by atoms with E-state index >= 15 is 0 Å². The molecule has 1 atom stereocenters. The first-order valence-corrected chi connectivity index (χ1v) is 10.5. The van der Waals surface area contributed by atoms with Crippen molar-refractivity contribution in [2.45, 2.75) is 25.7 Å². The lowest BCUT2D eigenvalue weighted by Crippen LogP contribution is -2.29. The summed E-state index contributed by atoms with van der Waals surface area (Å²) >= 11 is 0. The second kappa shape index (κ2) is 6.11. The van der Waals surface area contributed by atoms with Crippen LogP contribution in [-0.4, -0.2) is 21.5 Å². The van der Waals surface area contributed by atoms with Crippen molar-refractivity contribution in [2.75, 3.05) is 6.79 Å². The maximum atomic E-state index is 13.4. The summed E-state index contributed by atoms with van der Waals surface area (Å²) in [6, 6.07) is 5.74. The largest absolute Gasteiger partial charge is 0.491 e. The topological polar surface area (TPSA) is 82.8 Å². The Balaban J connectivity index is 1.54. The summed E-state index contributed by atoms with van der Waals surface area (Å²) < 4.78 is 18.4. The van der Waals surface area contributed by atoms with E-state index in [-0.39, 0.29) is 24.7 Å². The standard InChI is InChI=1S/C25H18N2O5/c1-12-24(28)14-6-19-23-16(9-27(19)25(29)17(14)10-30-12)22(13-4-2-3-5-13)15-7-20-21(32-11-31-20)8-18(15)26-23/h2-4,6-8,24,28H,1,5,9-11H2. The molecule has 1 N–H and O–H groups in total. The van der Waals surface area contributed by atoms with Gasteiger partial charge in [-0.25, -0.2) is 4.98 Å². The third kappa shape index (κ3) is 2.23. The van der Waals surface area contributed by atoms with Crippen molar-refractivity contribution in [2.24, 2.45) is 0 Å². The summed E-state index contributed by atoms with van der Waals surface area (Å²) in [5, 5.41) is 11.6. The molecular weight excluding hydrogens is 408 g/mol. The van der Waals surface area contributed by atoms with Crippen LogP contribution in [0.2, 0.25) is 0 Å². The molecule has 2 aromatic heterocycles. The van der Waals surface area contributed by atoms with Gasteiger partial charge >= 0.3 is 0 Å². The Hall–Kier alpha value is -3.84. The number of ether oxygens (including phenoxy) is 3. The number of aromatic nitrogens is 2. The van der Waals surface area contributed by atoms with Crippen molar-refractivity contribution < 1.29 is 19.3 Å². The molecule has 158 valence electrons. The average Bonchev–Trinajstić information content (AvgIpc) is 3.54. The number of nitrogens with zero attached hydrogens (tertiary/aromatic N) is 2. The van der Waals surface area contributed by atoms with Crippen molar-refractivity contribution in [1.29, 1.82) is 0 Å². The zero-order valence-corrected chi connectivity index (χ0v) is 17.1. The number of fused-ring (bicyclic) bond motifs is 6. The van der Waals surface area contributed by atoms with Crippen LogP contribution < -0.4 is 15.0 Å². The van der Waals surface area contributed by atoms with Gasteiger partial charge in [-0.15, -0.1) is 0 Å². The molecule has 5 heterocycles. The van der Waals surface area contributed by atoms with E-state index in [9.17, 15) is 9.90 Å². The number of allylic oxidation sites excluding steroid dienone is 4. The Morgan fingerprint density at radius 2 is 1.97 bits per heavy atom. The van der Waals surface area contributed by atoms with Crippen LogP contribution in [0.25, 0.3) is 27.9 Å². The minimum atomic E-state index is -1.03. The van der Waals surface area contributed by atoms with Gasteiger partial charge in [0.05, 0.1) is 29.0 Å². The molecule has 0 fully saturated rings. The molecule has 3 aromatic rings. The van der Waals surface area contributed by atoms with Crippen molar-refractivity contribution in [3.8, 4) is 22.9 Å². The Kier molecular flexibility index (Phi) is 3.40. The highest BCUT2D eigenvalue weighted by molar-refractivity contribution is 5.99. The van der Waals surface area contributed by atoms with Crippen LogP contribution in [0.5, 0.6) is 11.5 Å². The predicted molar refractivity (Wildman–Crippen MR) is 117 cm³/mol. The predicted octanol–water partition coefficient (Wildman–Crippen LogP) is 3.57. The van der Waals surface area contributed by atoms with E-state index in [1.165, 1.54) is 5.57 Å². The number of hydrogen-bond acceptors (Lipinski definition) is 6. The molecule has 32 heavy (non-hydrogen) atoms. The normalized spacial score (nSPS) is 19.6. The number of aliphatic hydroxyl groups is 1. The molecule has 0 saturated heterocycles. The SMILES string of the molecule is C=C1OCc2c(cc3n(c2=O)Cc2c-3nc3cc4c(cc3c2C2=CC=CC2)OCO4)C1O. The van der Waals surface area contributed by atoms with Gasteiger partial charge in [-0.05, 0) is 29.7 Å². The average molecular weight is 426 g/mol. The van der Waals surface area contributed by atoms with Crippen LogP contribution in [0.4, 0.5) is 0 Å². The number of pyridine rings is 2. The molecule has 1 aromatic carbocycles. The van der Waals surface area contributed by atoms with E-state index in [1.54, 1.807) is 4.57 Å². The van der Waals surface area contributed by atoms with E-state index in [4.69, 9.17) is 19.2 Å². The molecular formula is C25H18N2O5. The smallest absolute Gasteiger partial charge is 0.258 e. The first-order chi connectivity index (χ1) is 15.6. The fourth-order valence-corrected chi connectivity index (χ4v) is 5.08. The van der Waals surface area contributed by atoms with Crippen LogP contribution >= 0.6 is 0 Å². The van der Waals surface area contributed by atoms with Gasteiger partial charge in [0.15, 0.2) is 11.5 Å². The van der Waals surface area contributed by atoms with Gasteiger partial charge in [-0.3, -0.25) is 4.79 Å². The second-order valence-electron chi connectivity index (χ2n) is 8.37. The maximum Gasteiger partial charge on any atom is 0.258 e. The summed E-state index contributed by atoms with van der Waals surface area (Å²) in [5.74, 6) is 1.62. The Labute approximate surface area is 182 Å². The highest BCUT2D eigenvalue weighted by Crippen LogP contribution is 2.45. The van der Waals surface area contributed by atoms with Crippen LogP contribution in [0.15, 0.2) is 53.6 Å². The van der Waals surface area contributed by atoms with E-state index < -0.39 is 6.10 Å². The highest BCUT2D eigenvalue weighted by Gasteiger charge is 2.33. The van der Waals surface area contributed by atoms with Gasteiger partial charge in [0.2, 0.25) is 6.79 Å². The third-order valence-electron chi connectivity index (χ3n) is 6.67. The van der Waals surface area contributed by atoms with Gasteiger partial charge in [-0.1, -0.05) is 24.8 Å². The monoisotopic (exact) mass is 426 g/mol. The first kappa shape index (κ1) is 17.8. The number of benzene rings is 1. The third-order valence-corrected chi connectivity index (χ3v) is 6.67. The zero-order valence-electron chi connectivity index (χ0n) is 17.1. The second-order valence-corrected chi connectivity index (χ2v) is 8.37.